The summed E-state index contributed by atoms with van der Waals surface area (Å²) >= 11 is 6.20. The summed E-state index contributed by atoms with van der Waals surface area (Å²) in [5, 5.41) is 8.83. The zero-order valence-corrected chi connectivity index (χ0v) is 11.7. The second-order valence-corrected chi connectivity index (χ2v) is 5.96. The first-order chi connectivity index (χ1) is 8.09. The van der Waals surface area contributed by atoms with Crippen molar-refractivity contribution >= 4 is 11.6 Å². The van der Waals surface area contributed by atoms with E-state index < -0.39 is 0 Å². The van der Waals surface area contributed by atoms with Crippen molar-refractivity contribution in [3.05, 3.63) is 11.1 Å². The van der Waals surface area contributed by atoms with Gasteiger partial charge in [0.2, 0.25) is 5.28 Å². The molecule has 0 aromatic carbocycles. The Morgan fingerprint density at radius 1 is 1.18 bits per heavy atom. The van der Waals surface area contributed by atoms with Gasteiger partial charge >= 0.3 is 0 Å². The van der Waals surface area contributed by atoms with Crippen molar-refractivity contribution in [1.82, 2.24) is 14.8 Å². The fourth-order valence-corrected chi connectivity index (χ4v) is 3.00. The average Bonchev–Trinajstić information content (AvgIpc) is 2.52. The van der Waals surface area contributed by atoms with Crippen molar-refractivity contribution in [2.75, 3.05) is 0 Å². The molecule has 1 saturated carbocycles. The highest BCUT2D eigenvalue weighted by atomic mass is 35.5. The molecule has 3 nitrogen and oxygen atoms in total. The van der Waals surface area contributed by atoms with Crippen molar-refractivity contribution in [2.45, 2.75) is 64.8 Å². The maximum absolute atomic E-state index is 6.20. The monoisotopic (exact) mass is 255 g/mol. The number of rotatable bonds is 2. The van der Waals surface area contributed by atoms with Gasteiger partial charge in [-0.25, -0.2) is 0 Å². The Morgan fingerprint density at radius 2 is 1.94 bits per heavy atom. The zero-order chi connectivity index (χ0) is 12.4. The third-order valence-corrected chi connectivity index (χ3v) is 4.05. The number of halogens is 1. The molecule has 1 aromatic heterocycles. The summed E-state index contributed by atoms with van der Waals surface area (Å²) in [4.78, 5) is 0. The lowest BCUT2D eigenvalue weighted by Gasteiger charge is -2.20. The Balaban J connectivity index is 2.23. The molecule has 1 aliphatic rings. The second kappa shape index (κ2) is 5.38. The highest BCUT2D eigenvalue weighted by Crippen LogP contribution is 2.33. The lowest BCUT2D eigenvalue weighted by Crippen LogP contribution is -2.13. The molecule has 1 aromatic rings. The molecule has 2 unspecified atom stereocenters. The van der Waals surface area contributed by atoms with Gasteiger partial charge in [0.05, 0.1) is 0 Å². The van der Waals surface area contributed by atoms with E-state index in [1.807, 2.05) is 0 Å². The van der Waals surface area contributed by atoms with Crippen LogP contribution in [0, 0.1) is 5.92 Å². The van der Waals surface area contributed by atoms with Crippen LogP contribution in [0.2, 0.25) is 5.28 Å². The molecular formula is C13H22ClN3. The minimum absolute atomic E-state index is 0.385. The van der Waals surface area contributed by atoms with Crippen molar-refractivity contribution < 1.29 is 0 Å². The normalized spacial score (nSPS) is 26.2. The molecule has 96 valence electrons. The van der Waals surface area contributed by atoms with Gasteiger partial charge in [0, 0.05) is 12.0 Å². The maximum atomic E-state index is 6.20. The molecule has 2 atom stereocenters. The summed E-state index contributed by atoms with van der Waals surface area (Å²) in [7, 11) is 0. The van der Waals surface area contributed by atoms with Gasteiger partial charge in [-0.15, -0.1) is 10.2 Å². The number of aromatic nitrogens is 3. The molecule has 0 spiro atoms. The van der Waals surface area contributed by atoms with Gasteiger partial charge in [-0.3, -0.25) is 4.57 Å². The number of hydrogen-bond acceptors (Lipinski definition) is 2. The molecule has 0 radical (unpaired) electrons. The van der Waals surface area contributed by atoms with E-state index in [0.717, 1.165) is 11.7 Å². The van der Waals surface area contributed by atoms with E-state index in [9.17, 15) is 0 Å². The number of hydrogen-bond donors (Lipinski definition) is 0. The molecule has 0 aliphatic heterocycles. The van der Waals surface area contributed by atoms with Crippen molar-refractivity contribution in [3.8, 4) is 0 Å². The van der Waals surface area contributed by atoms with Crippen LogP contribution < -0.4 is 0 Å². The van der Waals surface area contributed by atoms with Crippen molar-refractivity contribution in [1.29, 1.82) is 0 Å². The molecule has 0 saturated heterocycles. The van der Waals surface area contributed by atoms with Crippen LogP contribution in [0.1, 0.15) is 70.7 Å². The largest absolute Gasteiger partial charge is 0.298 e. The van der Waals surface area contributed by atoms with Gasteiger partial charge < -0.3 is 0 Å². The smallest absolute Gasteiger partial charge is 0.225 e. The van der Waals surface area contributed by atoms with E-state index in [2.05, 4.69) is 35.5 Å². The summed E-state index contributed by atoms with van der Waals surface area (Å²) < 4.78 is 2.17. The summed E-state index contributed by atoms with van der Waals surface area (Å²) in [6, 6.07) is 0.500. The first-order valence-electron chi connectivity index (χ1n) is 6.70. The highest BCUT2D eigenvalue weighted by molar-refractivity contribution is 6.28. The average molecular weight is 256 g/mol. The van der Waals surface area contributed by atoms with Gasteiger partial charge in [0.15, 0.2) is 0 Å². The van der Waals surface area contributed by atoms with Gasteiger partial charge in [-0.05, 0) is 36.8 Å². The predicted octanol–water partition coefficient (Wildman–Crippen LogP) is 4.20. The second-order valence-electron chi connectivity index (χ2n) is 5.62. The fourth-order valence-electron chi connectivity index (χ4n) is 2.74. The molecule has 2 rings (SSSR count). The first kappa shape index (κ1) is 12.9. The molecule has 17 heavy (non-hydrogen) atoms. The van der Waals surface area contributed by atoms with Crippen LogP contribution >= 0.6 is 11.6 Å². The Morgan fingerprint density at radius 3 is 2.65 bits per heavy atom. The minimum Gasteiger partial charge on any atom is -0.298 e. The van der Waals surface area contributed by atoms with Gasteiger partial charge in [-0.2, -0.15) is 0 Å². The van der Waals surface area contributed by atoms with Gasteiger partial charge in [0.1, 0.15) is 5.82 Å². The summed E-state index contributed by atoms with van der Waals surface area (Å²) in [5.74, 6) is 2.27. The lowest BCUT2D eigenvalue weighted by atomic mass is 10.0. The molecular weight excluding hydrogens is 234 g/mol. The topological polar surface area (TPSA) is 30.7 Å². The SMILES string of the molecule is CC1CCCC(n2c(Cl)nnc2C(C)C)CC1. The Bertz CT molecular complexity index is 373. The van der Waals surface area contributed by atoms with Crippen molar-refractivity contribution in [2.24, 2.45) is 5.92 Å². The van der Waals surface area contributed by atoms with Crippen molar-refractivity contribution in [3.63, 3.8) is 0 Å². The van der Waals surface area contributed by atoms with E-state index in [-0.39, 0.29) is 0 Å². The molecule has 0 N–H and O–H groups in total. The van der Waals surface area contributed by atoms with Crippen LogP contribution in [0.3, 0.4) is 0 Å². The van der Waals surface area contributed by atoms with Gasteiger partial charge in [-0.1, -0.05) is 33.6 Å². The highest BCUT2D eigenvalue weighted by Gasteiger charge is 2.23. The fraction of sp³-hybridized carbons (Fsp3) is 0.846. The molecule has 0 bridgehead atoms. The third kappa shape index (κ3) is 2.82. The summed E-state index contributed by atoms with van der Waals surface area (Å²) in [6.07, 6.45) is 6.34. The quantitative estimate of drug-likeness (QED) is 0.742. The van der Waals surface area contributed by atoms with Crippen LogP contribution in [0.15, 0.2) is 0 Å². The lowest BCUT2D eigenvalue weighted by molar-refractivity contribution is 0.415. The number of nitrogens with zero attached hydrogens (tertiary/aromatic N) is 3. The molecule has 1 aliphatic carbocycles. The van der Waals surface area contributed by atoms with Crippen LogP contribution in [0.4, 0.5) is 0 Å². The molecule has 1 fully saturated rings. The van der Waals surface area contributed by atoms with Crippen LogP contribution in [0.5, 0.6) is 0 Å². The molecule has 1 heterocycles. The zero-order valence-electron chi connectivity index (χ0n) is 11.0. The minimum atomic E-state index is 0.385. The van der Waals surface area contributed by atoms with Gasteiger partial charge in [0.25, 0.3) is 0 Å². The predicted molar refractivity (Wildman–Crippen MR) is 70.4 cm³/mol. The third-order valence-electron chi connectivity index (χ3n) is 3.79. The Hall–Kier alpha value is -0.570. The van der Waals surface area contributed by atoms with E-state index in [1.165, 1.54) is 32.1 Å². The molecule has 0 amide bonds. The van der Waals surface area contributed by atoms with E-state index >= 15 is 0 Å². The summed E-state index contributed by atoms with van der Waals surface area (Å²) in [5.41, 5.74) is 0. The summed E-state index contributed by atoms with van der Waals surface area (Å²) in [6.45, 7) is 6.64. The van der Waals surface area contributed by atoms with E-state index in [1.54, 1.807) is 0 Å². The Labute approximate surface area is 109 Å². The van der Waals surface area contributed by atoms with Crippen LogP contribution in [0.25, 0.3) is 0 Å². The van der Waals surface area contributed by atoms with Crippen LogP contribution in [-0.4, -0.2) is 14.8 Å². The first-order valence-corrected chi connectivity index (χ1v) is 7.07. The van der Waals surface area contributed by atoms with E-state index in [0.29, 0.717) is 17.2 Å². The maximum Gasteiger partial charge on any atom is 0.225 e. The van der Waals surface area contributed by atoms with E-state index in [4.69, 9.17) is 11.6 Å². The molecule has 4 heteroatoms. The Kier molecular flexibility index (Phi) is 4.08. The standard InChI is InChI=1S/C13H22ClN3/c1-9(2)12-15-16-13(14)17(12)11-6-4-5-10(3)7-8-11/h9-11H,4-8H2,1-3H3. The van der Waals surface area contributed by atoms with Crippen LogP contribution in [-0.2, 0) is 0 Å².